The van der Waals surface area contributed by atoms with E-state index in [4.69, 9.17) is 0 Å². The smallest absolute Gasteiger partial charge is 0.224 e. The van der Waals surface area contributed by atoms with Gasteiger partial charge in [0, 0.05) is 19.5 Å². The maximum atomic E-state index is 11.6. The summed E-state index contributed by atoms with van der Waals surface area (Å²) in [6.45, 7) is 6.35. The minimum Gasteiger partial charge on any atom is -0.355 e. The summed E-state index contributed by atoms with van der Waals surface area (Å²) in [5, 5.41) is 6.12. The van der Waals surface area contributed by atoms with Gasteiger partial charge < -0.3 is 10.6 Å². The van der Waals surface area contributed by atoms with Crippen molar-refractivity contribution >= 4 is 5.91 Å². The van der Waals surface area contributed by atoms with Crippen LogP contribution in [0.5, 0.6) is 0 Å². The Labute approximate surface area is 85.6 Å². The molecule has 0 bridgehead atoms. The van der Waals surface area contributed by atoms with Gasteiger partial charge in [-0.15, -0.1) is 11.8 Å². The van der Waals surface area contributed by atoms with E-state index in [-0.39, 0.29) is 11.8 Å². The molecule has 0 aromatic heterocycles. The zero-order valence-corrected chi connectivity index (χ0v) is 8.89. The van der Waals surface area contributed by atoms with E-state index in [2.05, 4.69) is 29.4 Å². The highest BCUT2D eigenvalue weighted by Crippen LogP contribution is 2.15. The second kappa shape index (κ2) is 5.66. The van der Waals surface area contributed by atoms with Gasteiger partial charge in [0.2, 0.25) is 5.91 Å². The number of carbonyl (C=O) groups is 1. The monoisotopic (exact) mass is 194 g/mol. The molecular weight excluding hydrogens is 176 g/mol. The van der Waals surface area contributed by atoms with Crippen LogP contribution in [0.4, 0.5) is 0 Å². The van der Waals surface area contributed by atoms with Crippen molar-refractivity contribution in [3.8, 4) is 11.8 Å². The van der Waals surface area contributed by atoms with E-state index in [1.54, 1.807) is 0 Å². The van der Waals surface area contributed by atoms with Crippen LogP contribution in [0.1, 0.15) is 20.3 Å². The van der Waals surface area contributed by atoms with Gasteiger partial charge in [-0.25, -0.2) is 0 Å². The quantitative estimate of drug-likeness (QED) is 0.503. The molecule has 0 radical (unpaired) electrons. The molecule has 1 aliphatic heterocycles. The van der Waals surface area contributed by atoms with E-state index in [1.165, 1.54) is 0 Å². The Hall–Kier alpha value is -1.01. The number of rotatable bonds is 3. The Balaban J connectivity index is 2.23. The molecule has 1 heterocycles. The topological polar surface area (TPSA) is 41.1 Å². The van der Waals surface area contributed by atoms with Crippen LogP contribution in [0.25, 0.3) is 0 Å². The first kappa shape index (κ1) is 11.1. The number of hydrogen-bond donors (Lipinski definition) is 2. The van der Waals surface area contributed by atoms with E-state index in [9.17, 15) is 4.79 Å². The molecule has 0 aliphatic carbocycles. The summed E-state index contributed by atoms with van der Waals surface area (Å²) < 4.78 is 0. The van der Waals surface area contributed by atoms with Gasteiger partial charge in [-0.2, -0.15) is 0 Å². The van der Waals surface area contributed by atoms with Crippen molar-refractivity contribution in [2.75, 3.05) is 19.6 Å². The first-order valence-electron chi connectivity index (χ1n) is 5.13. The van der Waals surface area contributed by atoms with Gasteiger partial charge in [-0.3, -0.25) is 4.79 Å². The van der Waals surface area contributed by atoms with Crippen LogP contribution in [0, 0.1) is 23.7 Å². The SMILES string of the molecule is CC#CCCNC(=O)[C@@H]1CNC[C@H]1C. The van der Waals surface area contributed by atoms with Gasteiger partial charge in [-0.1, -0.05) is 6.92 Å². The van der Waals surface area contributed by atoms with E-state index < -0.39 is 0 Å². The molecule has 0 saturated carbocycles. The van der Waals surface area contributed by atoms with Crippen molar-refractivity contribution in [2.24, 2.45) is 11.8 Å². The van der Waals surface area contributed by atoms with Crippen LogP contribution >= 0.6 is 0 Å². The number of hydrogen-bond acceptors (Lipinski definition) is 2. The summed E-state index contributed by atoms with van der Waals surface area (Å²) in [5.74, 6) is 6.49. The Morgan fingerprint density at radius 3 is 2.93 bits per heavy atom. The molecular formula is C11H18N2O. The second-order valence-electron chi connectivity index (χ2n) is 3.71. The first-order valence-corrected chi connectivity index (χ1v) is 5.13. The number of nitrogens with one attached hydrogen (secondary N) is 2. The third-order valence-electron chi connectivity index (χ3n) is 2.58. The minimum atomic E-state index is 0.143. The van der Waals surface area contributed by atoms with Crippen molar-refractivity contribution < 1.29 is 4.79 Å². The predicted molar refractivity (Wildman–Crippen MR) is 56.6 cm³/mol. The highest BCUT2D eigenvalue weighted by atomic mass is 16.1. The fourth-order valence-corrected chi connectivity index (χ4v) is 1.67. The van der Waals surface area contributed by atoms with Crippen LogP contribution in [0.3, 0.4) is 0 Å². The summed E-state index contributed by atoms with van der Waals surface area (Å²) in [6, 6.07) is 0. The largest absolute Gasteiger partial charge is 0.355 e. The first-order chi connectivity index (χ1) is 6.75. The van der Waals surface area contributed by atoms with Crippen LogP contribution in [-0.2, 0) is 4.79 Å². The Morgan fingerprint density at radius 2 is 2.36 bits per heavy atom. The third kappa shape index (κ3) is 3.04. The molecule has 3 heteroatoms. The van der Waals surface area contributed by atoms with Crippen LogP contribution in [-0.4, -0.2) is 25.5 Å². The van der Waals surface area contributed by atoms with Crippen molar-refractivity contribution in [3.63, 3.8) is 0 Å². The fraction of sp³-hybridized carbons (Fsp3) is 0.727. The van der Waals surface area contributed by atoms with Gasteiger partial charge >= 0.3 is 0 Å². The second-order valence-corrected chi connectivity index (χ2v) is 3.71. The average Bonchev–Trinajstić information content (AvgIpc) is 2.59. The lowest BCUT2D eigenvalue weighted by atomic mass is 9.97. The molecule has 0 aromatic rings. The van der Waals surface area contributed by atoms with Gasteiger partial charge in [-0.05, 0) is 19.4 Å². The molecule has 3 nitrogen and oxygen atoms in total. The minimum absolute atomic E-state index is 0.143. The zero-order valence-electron chi connectivity index (χ0n) is 8.89. The Morgan fingerprint density at radius 1 is 1.57 bits per heavy atom. The standard InChI is InChI=1S/C11H18N2O/c1-3-4-5-6-13-11(14)10-8-12-7-9(10)2/h9-10,12H,5-8H2,1-2H3,(H,13,14)/t9-,10-/m1/s1. The lowest BCUT2D eigenvalue weighted by molar-refractivity contribution is -0.125. The van der Waals surface area contributed by atoms with Gasteiger partial charge in [0.05, 0.1) is 5.92 Å². The lowest BCUT2D eigenvalue weighted by Crippen LogP contribution is -2.34. The summed E-state index contributed by atoms with van der Waals surface area (Å²) in [5.41, 5.74) is 0. The number of amides is 1. The summed E-state index contributed by atoms with van der Waals surface area (Å²) in [6.07, 6.45) is 0.747. The van der Waals surface area contributed by atoms with E-state index in [1.807, 2.05) is 6.92 Å². The Kier molecular flexibility index (Phi) is 4.48. The van der Waals surface area contributed by atoms with Crippen LogP contribution in [0.2, 0.25) is 0 Å². The highest BCUT2D eigenvalue weighted by molar-refractivity contribution is 5.79. The molecule has 2 N–H and O–H groups in total. The fourth-order valence-electron chi connectivity index (χ4n) is 1.67. The van der Waals surface area contributed by atoms with Crippen LogP contribution < -0.4 is 10.6 Å². The van der Waals surface area contributed by atoms with E-state index >= 15 is 0 Å². The predicted octanol–water partition coefficient (Wildman–Crippen LogP) is 0.371. The molecule has 0 aromatic carbocycles. The molecule has 78 valence electrons. The molecule has 1 amide bonds. The molecule has 0 spiro atoms. The molecule has 0 unspecified atom stereocenters. The van der Waals surface area contributed by atoms with Crippen LogP contribution in [0.15, 0.2) is 0 Å². The lowest BCUT2D eigenvalue weighted by Gasteiger charge is -2.13. The average molecular weight is 194 g/mol. The van der Waals surface area contributed by atoms with E-state index in [0.717, 1.165) is 19.5 Å². The molecule has 1 saturated heterocycles. The van der Waals surface area contributed by atoms with Gasteiger partial charge in [0.15, 0.2) is 0 Å². The highest BCUT2D eigenvalue weighted by Gasteiger charge is 2.28. The van der Waals surface area contributed by atoms with Gasteiger partial charge in [0.25, 0.3) is 0 Å². The molecule has 1 rings (SSSR count). The summed E-state index contributed by atoms with van der Waals surface area (Å²) in [4.78, 5) is 11.6. The van der Waals surface area contributed by atoms with Crippen molar-refractivity contribution in [2.45, 2.75) is 20.3 Å². The summed E-state index contributed by atoms with van der Waals surface area (Å²) in [7, 11) is 0. The van der Waals surface area contributed by atoms with Crippen molar-refractivity contribution in [1.29, 1.82) is 0 Å². The maximum absolute atomic E-state index is 11.6. The summed E-state index contributed by atoms with van der Waals surface area (Å²) >= 11 is 0. The zero-order chi connectivity index (χ0) is 10.4. The molecule has 2 atom stereocenters. The molecule has 1 aliphatic rings. The molecule has 1 fully saturated rings. The molecule has 14 heavy (non-hydrogen) atoms. The third-order valence-corrected chi connectivity index (χ3v) is 2.58. The van der Waals surface area contributed by atoms with E-state index in [0.29, 0.717) is 12.5 Å². The van der Waals surface area contributed by atoms with Crippen molar-refractivity contribution in [1.82, 2.24) is 10.6 Å². The normalized spacial score (nSPS) is 25.3. The Bertz CT molecular complexity index is 252. The number of carbonyl (C=O) groups excluding carboxylic acids is 1. The maximum Gasteiger partial charge on any atom is 0.224 e. The van der Waals surface area contributed by atoms with Crippen molar-refractivity contribution in [3.05, 3.63) is 0 Å². The van der Waals surface area contributed by atoms with Gasteiger partial charge in [0.1, 0.15) is 0 Å².